The van der Waals surface area contributed by atoms with Crippen molar-refractivity contribution >= 4 is 17.2 Å². The molecule has 1 aromatic rings. The third-order valence-corrected chi connectivity index (χ3v) is 4.88. The summed E-state index contributed by atoms with van der Waals surface area (Å²) in [6, 6.07) is 4.38. The molecular weight excluding hydrogens is 272 g/mol. The fraction of sp³-hybridized carbons (Fsp3) is 0.643. The molecule has 3 N–H and O–H groups in total. The van der Waals surface area contributed by atoms with E-state index in [1.165, 1.54) is 4.88 Å². The van der Waals surface area contributed by atoms with Gasteiger partial charge in [0, 0.05) is 37.6 Å². The fourth-order valence-corrected chi connectivity index (χ4v) is 3.44. The van der Waals surface area contributed by atoms with Gasteiger partial charge in [0.15, 0.2) is 5.84 Å². The summed E-state index contributed by atoms with van der Waals surface area (Å²) in [5, 5.41) is 14.1. The molecule has 0 spiro atoms. The van der Waals surface area contributed by atoms with Crippen LogP contribution in [0.15, 0.2) is 22.7 Å². The first-order valence-electron chi connectivity index (χ1n) is 7.20. The topological polar surface area (TPSA) is 65.1 Å². The highest BCUT2D eigenvalue weighted by molar-refractivity contribution is 7.09. The second-order valence-electron chi connectivity index (χ2n) is 5.16. The Balaban J connectivity index is 1.77. The third kappa shape index (κ3) is 3.94. The van der Waals surface area contributed by atoms with Crippen LogP contribution >= 0.6 is 11.3 Å². The first-order chi connectivity index (χ1) is 9.74. The van der Waals surface area contributed by atoms with Gasteiger partial charge in [-0.25, -0.2) is 0 Å². The SMILES string of the molecule is CCC(C(N)=NO)N1CCN(CCc2cccs2)CC1. The number of oxime groups is 1. The van der Waals surface area contributed by atoms with Crippen LogP contribution in [-0.2, 0) is 6.42 Å². The monoisotopic (exact) mass is 296 g/mol. The molecule has 0 radical (unpaired) electrons. The first kappa shape index (κ1) is 15.3. The summed E-state index contributed by atoms with van der Waals surface area (Å²) in [7, 11) is 0. The maximum absolute atomic E-state index is 8.84. The Morgan fingerprint density at radius 3 is 2.75 bits per heavy atom. The van der Waals surface area contributed by atoms with Crippen LogP contribution in [0.25, 0.3) is 0 Å². The van der Waals surface area contributed by atoms with Crippen LogP contribution in [0, 0.1) is 0 Å². The number of piperazine rings is 1. The van der Waals surface area contributed by atoms with Gasteiger partial charge in [-0.3, -0.25) is 4.90 Å². The molecule has 1 aromatic heterocycles. The Hall–Kier alpha value is -1.11. The summed E-state index contributed by atoms with van der Waals surface area (Å²) in [5.74, 6) is 0.333. The molecule has 1 atom stereocenters. The van der Waals surface area contributed by atoms with Crippen LogP contribution in [0.4, 0.5) is 0 Å². The molecule has 1 unspecified atom stereocenters. The lowest BCUT2D eigenvalue weighted by atomic mass is 10.1. The molecule has 5 nitrogen and oxygen atoms in total. The van der Waals surface area contributed by atoms with Crippen LogP contribution in [-0.4, -0.2) is 59.6 Å². The lowest BCUT2D eigenvalue weighted by Crippen LogP contribution is -2.54. The molecule has 0 saturated carbocycles. The normalized spacial score (nSPS) is 20.1. The van der Waals surface area contributed by atoms with Gasteiger partial charge in [0.2, 0.25) is 0 Å². The lowest BCUT2D eigenvalue weighted by molar-refractivity contribution is 0.115. The van der Waals surface area contributed by atoms with E-state index >= 15 is 0 Å². The zero-order valence-corrected chi connectivity index (χ0v) is 12.9. The van der Waals surface area contributed by atoms with E-state index in [0.717, 1.165) is 45.6 Å². The van der Waals surface area contributed by atoms with Gasteiger partial charge >= 0.3 is 0 Å². The van der Waals surface area contributed by atoms with E-state index in [2.05, 4.69) is 39.4 Å². The van der Waals surface area contributed by atoms with E-state index < -0.39 is 0 Å². The molecule has 1 saturated heterocycles. The van der Waals surface area contributed by atoms with E-state index in [1.54, 1.807) is 0 Å². The van der Waals surface area contributed by atoms with Crippen LogP contribution in [0.3, 0.4) is 0 Å². The third-order valence-electron chi connectivity index (χ3n) is 3.95. The van der Waals surface area contributed by atoms with Gasteiger partial charge in [-0.15, -0.1) is 11.3 Å². The van der Waals surface area contributed by atoms with E-state index in [9.17, 15) is 0 Å². The van der Waals surface area contributed by atoms with Crippen molar-refractivity contribution < 1.29 is 5.21 Å². The second kappa shape index (κ2) is 7.61. The average molecular weight is 296 g/mol. The molecule has 0 amide bonds. The first-order valence-corrected chi connectivity index (χ1v) is 8.08. The summed E-state index contributed by atoms with van der Waals surface area (Å²) in [5.41, 5.74) is 5.76. The van der Waals surface area contributed by atoms with Crippen molar-refractivity contribution in [3.63, 3.8) is 0 Å². The Kier molecular flexibility index (Phi) is 5.82. The summed E-state index contributed by atoms with van der Waals surface area (Å²) in [4.78, 5) is 6.27. The van der Waals surface area contributed by atoms with Crippen molar-refractivity contribution in [3.8, 4) is 0 Å². The van der Waals surface area contributed by atoms with Gasteiger partial charge in [-0.05, 0) is 24.3 Å². The highest BCUT2D eigenvalue weighted by Gasteiger charge is 2.25. The van der Waals surface area contributed by atoms with E-state index in [0.29, 0.717) is 5.84 Å². The average Bonchev–Trinajstić information content (AvgIpc) is 3.00. The molecule has 0 aliphatic carbocycles. The fourth-order valence-electron chi connectivity index (χ4n) is 2.74. The van der Waals surface area contributed by atoms with Crippen molar-refractivity contribution in [1.29, 1.82) is 0 Å². The standard InChI is InChI=1S/C14H24N4OS/c1-2-13(14(15)16-19)18-9-7-17(8-10-18)6-5-12-4-3-11-20-12/h3-4,11,13,19H,2,5-10H2,1H3,(H2,15,16). The highest BCUT2D eigenvalue weighted by atomic mass is 32.1. The molecule has 0 aromatic carbocycles. The molecule has 1 aliphatic rings. The molecule has 2 rings (SSSR count). The maximum Gasteiger partial charge on any atom is 0.156 e. The van der Waals surface area contributed by atoms with Gasteiger partial charge in [-0.2, -0.15) is 0 Å². The zero-order valence-electron chi connectivity index (χ0n) is 12.0. The number of rotatable bonds is 6. The number of nitrogens with two attached hydrogens (primary N) is 1. The number of hydrogen-bond donors (Lipinski definition) is 2. The van der Waals surface area contributed by atoms with Crippen molar-refractivity contribution in [2.45, 2.75) is 25.8 Å². The summed E-state index contributed by atoms with van der Waals surface area (Å²) >= 11 is 1.83. The Labute approximate surface area is 124 Å². The maximum atomic E-state index is 8.84. The van der Waals surface area contributed by atoms with Crippen molar-refractivity contribution in [2.75, 3.05) is 32.7 Å². The van der Waals surface area contributed by atoms with Gasteiger partial charge in [0.05, 0.1) is 6.04 Å². The van der Waals surface area contributed by atoms with Crippen LogP contribution < -0.4 is 5.73 Å². The van der Waals surface area contributed by atoms with Crippen LogP contribution in [0.1, 0.15) is 18.2 Å². The summed E-state index contributed by atoms with van der Waals surface area (Å²) < 4.78 is 0. The molecule has 1 aliphatic heterocycles. The molecule has 20 heavy (non-hydrogen) atoms. The minimum absolute atomic E-state index is 0.0689. The molecular formula is C14H24N4OS. The van der Waals surface area contributed by atoms with Gasteiger partial charge in [-0.1, -0.05) is 18.1 Å². The molecule has 112 valence electrons. The van der Waals surface area contributed by atoms with E-state index in [-0.39, 0.29) is 6.04 Å². The minimum atomic E-state index is 0.0689. The van der Waals surface area contributed by atoms with Gasteiger partial charge in [0.25, 0.3) is 0 Å². The Morgan fingerprint density at radius 2 is 2.20 bits per heavy atom. The predicted molar refractivity (Wildman–Crippen MR) is 83.5 cm³/mol. The summed E-state index contributed by atoms with van der Waals surface area (Å²) in [6.07, 6.45) is 2.01. The Morgan fingerprint density at radius 1 is 1.45 bits per heavy atom. The van der Waals surface area contributed by atoms with Gasteiger partial charge in [0.1, 0.15) is 0 Å². The van der Waals surface area contributed by atoms with Crippen molar-refractivity contribution in [2.24, 2.45) is 10.9 Å². The second-order valence-corrected chi connectivity index (χ2v) is 6.19. The minimum Gasteiger partial charge on any atom is -0.409 e. The number of amidine groups is 1. The quantitative estimate of drug-likeness (QED) is 0.361. The number of hydrogen-bond acceptors (Lipinski definition) is 5. The molecule has 2 heterocycles. The van der Waals surface area contributed by atoms with Crippen molar-refractivity contribution in [3.05, 3.63) is 22.4 Å². The van der Waals surface area contributed by atoms with E-state index in [1.807, 2.05) is 11.3 Å². The largest absolute Gasteiger partial charge is 0.409 e. The lowest BCUT2D eigenvalue weighted by Gasteiger charge is -2.38. The molecule has 1 fully saturated rings. The molecule has 0 bridgehead atoms. The van der Waals surface area contributed by atoms with Crippen molar-refractivity contribution in [1.82, 2.24) is 9.80 Å². The highest BCUT2D eigenvalue weighted by Crippen LogP contribution is 2.13. The molecule has 6 heteroatoms. The van der Waals surface area contributed by atoms with Crippen LogP contribution in [0.5, 0.6) is 0 Å². The summed E-state index contributed by atoms with van der Waals surface area (Å²) in [6.45, 7) is 7.28. The smallest absolute Gasteiger partial charge is 0.156 e. The Bertz CT molecular complexity index is 413. The van der Waals surface area contributed by atoms with Crippen LogP contribution in [0.2, 0.25) is 0 Å². The van der Waals surface area contributed by atoms with E-state index in [4.69, 9.17) is 10.9 Å². The number of nitrogens with zero attached hydrogens (tertiary/aromatic N) is 3. The van der Waals surface area contributed by atoms with Gasteiger partial charge < -0.3 is 15.8 Å². The zero-order chi connectivity index (χ0) is 14.4. The predicted octanol–water partition coefficient (Wildman–Crippen LogP) is 1.43. The number of thiophene rings is 1.